The molecule has 0 unspecified atom stereocenters. The fourth-order valence-electron chi connectivity index (χ4n) is 1.04. The summed E-state index contributed by atoms with van der Waals surface area (Å²) in [4.78, 5) is 3.94. The van der Waals surface area contributed by atoms with Crippen molar-refractivity contribution in [3.8, 4) is 5.75 Å². The molecule has 0 saturated carbocycles. The predicted molar refractivity (Wildman–Crippen MR) is 56.0 cm³/mol. The Hall–Kier alpha value is -0.800. The van der Waals surface area contributed by atoms with Crippen molar-refractivity contribution in [2.24, 2.45) is 0 Å². The Morgan fingerprint density at radius 3 is 2.93 bits per heavy atom. The van der Waals surface area contributed by atoms with Crippen LogP contribution in [0.25, 0.3) is 0 Å². The number of methoxy groups -OCH3 is 1. The molecule has 78 valence electrons. The Kier molecular flexibility index (Phi) is 4.70. The van der Waals surface area contributed by atoms with E-state index in [0.29, 0.717) is 18.4 Å². The highest BCUT2D eigenvalue weighted by Crippen LogP contribution is 2.22. The lowest BCUT2D eigenvalue weighted by atomic mass is 10.3. The molecule has 0 radical (unpaired) electrons. The maximum Gasteiger partial charge on any atom is 0.135 e. The number of rotatable bonds is 5. The normalized spacial score (nSPS) is 10.2. The average Bonchev–Trinajstić information content (AvgIpc) is 2.19. The molecule has 0 atom stereocenters. The minimum atomic E-state index is 0.495. The highest BCUT2D eigenvalue weighted by molar-refractivity contribution is 6.30. The molecule has 0 fully saturated rings. The van der Waals surface area contributed by atoms with Crippen molar-refractivity contribution >= 4 is 11.6 Å². The summed E-state index contributed by atoms with van der Waals surface area (Å²) in [6, 6.07) is 1.81. The van der Waals surface area contributed by atoms with E-state index in [4.69, 9.17) is 21.1 Å². The summed E-state index contributed by atoms with van der Waals surface area (Å²) < 4.78 is 10.4. The summed E-state index contributed by atoms with van der Waals surface area (Å²) in [5.41, 5.74) is 0.881. The molecule has 0 aliphatic rings. The number of ether oxygens (including phenoxy) is 2. The quantitative estimate of drug-likeness (QED) is 0.559. The summed E-state index contributed by atoms with van der Waals surface area (Å²) in [5, 5.41) is 0.495. The van der Waals surface area contributed by atoms with Crippen LogP contribution in [0.1, 0.15) is 12.0 Å². The topological polar surface area (TPSA) is 31.4 Å². The van der Waals surface area contributed by atoms with Crippen LogP contribution in [0.5, 0.6) is 5.75 Å². The van der Waals surface area contributed by atoms with Crippen molar-refractivity contribution in [1.29, 1.82) is 0 Å². The minimum absolute atomic E-state index is 0.495. The molecule has 0 aliphatic carbocycles. The van der Waals surface area contributed by atoms with Gasteiger partial charge in [-0.2, -0.15) is 0 Å². The van der Waals surface area contributed by atoms with E-state index in [1.807, 2.05) is 13.0 Å². The van der Waals surface area contributed by atoms with E-state index in [-0.39, 0.29) is 0 Å². The number of halogens is 1. The Balaban J connectivity index is 2.46. The molecule has 0 saturated heterocycles. The van der Waals surface area contributed by atoms with Crippen molar-refractivity contribution in [2.75, 3.05) is 20.3 Å². The van der Waals surface area contributed by atoms with Gasteiger partial charge in [-0.1, -0.05) is 11.6 Å². The number of pyridine rings is 1. The second kappa shape index (κ2) is 5.83. The smallest absolute Gasteiger partial charge is 0.135 e. The molecule has 0 aliphatic heterocycles. The molecule has 0 aromatic carbocycles. The molecule has 0 bridgehead atoms. The van der Waals surface area contributed by atoms with Crippen molar-refractivity contribution in [3.63, 3.8) is 0 Å². The van der Waals surface area contributed by atoms with E-state index in [9.17, 15) is 0 Å². The summed E-state index contributed by atoms with van der Waals surface area (Å²) in [6.07, 6.45) is 2.51. The monoisotopic (exact) mass is 215 g/mol. The minimum Gasteiger partial charge on any atom is -0.493 e. The largest absolute Gasteiger partial charge is 0.493 e. The van der Waals surface area contributed by atoms with Crippen molar-refractivity contribution < 1.29 is 9.47 Å². The SMILES string of the molecule is COCCCOc1ccnc(Cl)c1C. The van der Waals surface area contributed by atoms with Crippen molar-refractivity contribution in [2.45, 2.75) is 13.3 Å². The van der Waals surface area contributed by atoms with Crippen LogP contribution in [0.15, 0.2) is 12.3 Å². The number of aromatic nitrogens is 1. The van der Waals surface area contributed by atoms with Crippen molar-refractivity contribution in [3.05, 3.63) is 23.0 Å². The Morgan fingerprint density at radius 1 is 1.43 bits per heavy atom. The molecule has 4 heteroatoms. The molecule has 0 amide bonds. The summed E-state index contributed by atoms with van der Waals surface area (Å²) in [7, 11) is 1.68. The molecular formula is C10H14ClNO2. The average molecular weight is 216 g/mol. The second-order valence-corrected chi connectivity index (χ2v) is 3.28. The Labute approximate surface area is 89.0 Å². The molecule has 3 nitrogen and oxygen atoms in total. The fraction of sp³-hybridized carbons (Fsp3) is 0.500. The highest BCUT2D eigenvalue weighted by Gasteiger charge is 2.03. The zero-order valence-electron chi connectivity index (χ0n) is 8.42. The first-order chi connectivity index (χ1) is 6.75. The van der Waals surface area contributed by atoms with Gasteiger partial charge in [0, 0.05) is 31.9 Å². The van der Waals surface area contributed by atoms with Gasteiger partial charge in [0.05, 0.1) is 6.61 Å². The first kappa shape index (κ1) is 11.3. The predicted octanol–water partition coefficient (Wildman–Crippen LogP) is 2.46. The van der Waals surface area contributed by atoms with Gasteiger partial charge in [-0.3, -0.25) is 0 Å². The lowest BCUT2D eigenvalue weighted by Gasteiger charge is -2.08. The first-order valence-electron chi connectivity index (χ1n) is 4.48. The second-order valence-electron chi connectivity index (χ2n) is 2.92. The number of hydrogen-bond acceptors (Lipinski definition) is 3. The van der Waals surface area contributed by atoms with Gasteiger partial charge in [0.1, 0.15) is 10.9 Å². The zero-order valence-corrected chi connectivity index (χ0v) is 9.17. The summed E-state index contributed by atoms with van der Waals surface area (Å²) >= 11 is 5.84. The van der Waals surface area contributed by atoms with Gasteiger partial charge in [-0.25, -0.2) is 4.98 Å². The number of nitrogens with zero attached hydrogens (tertiary/aromatic N) is 1. The molecule has 0 spiro atoms. The molecule has 1 aromatic heterocycles. The van der Waals surface area contributed by atoms with Gasteiger partial charge in [0.25, 0.3) is 0 Å². The van der Waals surface area contributed by atoms with Crippen LogP contribution in [0.3, 0.4) is 0 Å². The van der Waals surface area contributed by atoms with Gasteiger partial charge in [0.2, 0.25) is 0 Å². The van der Waals surface area contributed by atoms with E-state index in [0.717, 1.165) is 17.7 Å². The Bertz CT molecular complexity index is 291. The summed E-state index contributed by atoms with van der Waals surface area (Å²) in [5.74, 6) is 0.793. The van der Waals surface area contributed by atoms with Gasteiger partial charge >= 0.3 is 0 Å². The lowest BCUT2D eigenvalue weighted by Crippen LogP contribution is -2.02. The molecule has 1 rings (SSSR count). The van der Waals surface area contributed by atoms with E-state index >= 15 is 0 Å². The van der Waals surface area contributed by atoms with Crippen LogP contribution in [-0.4, -0.2) is 25.3 Å². The lowest BCUT2D eigenvalue weighted by molar-refractivity contribution is 0.172. The fourth-order valence-corrected chi connectivity index (χ4v) is 1.19. The third kappa shape index (κ3) is 3.16. The van der Waals surface area contributed by atoms with E-state index in [1.54, 1.807) is 13.3 Å². The molecule has 0 N–H and O–H groups in total. The van der Waals surface area contributed by atoms with Gasteiger partial charge in [0.15, 0.2) is 0 Å². The van der Waals surface area contributed by atoms with Crippen LogP contribution in [-0.2, 0) is 4.74 Å². The molecule has 1 aromatic rings. The van der Waals surface area contributed by atoms with Gasteiger partial charge in [-0.15, -0.1) is 0 Å². The highest BCUT2D eigenvalue weighted by atomic mass is 35.5. The maximum atomic E-state index is 5.84. The molecular weight excluding hydrogens is 202 g/mol. The van der Waals surface area contributed by atoms with Gasteiger partial charge < -0.3 is 9.47 Å². The third-order valence-electron chi connectivity index (χ3n) is 1.84. The Morgan fingerprint density at radius 2 is 2.21 bits per heavy atom. The van der Waals surface area contributed by atoms with E-state index in [1.165, 1.54) is 0 Å². The van der Waals surface area contributed by atoms with Crippen LogP contribution in [0.2, 0.25) is 5.15 Å². The first-order valence-corrected chi connectivity index (χ1v) is 4.86. The third-order valence-corrected chi connectivity index (χ3v) is 2.22. The van der Waals surface area contributed by atoms with Crippen LogP contribution < -0.4 is 4.74 Å². The van der Waals surface area contributed by atoms with E-state index in [2.05, 4.69) is 4.98 Å². The van der Waals surface area contributed by atoms with Crippen molar-refractivity contribution in [1.82, 2.24) is 4.98 Å². The van der Waals surface area contributed by atoms with Crippen LogP contribution >= 0.6 is 11.6 Å². The zero-order chi connectivity index (χ0) is 10.4. The van der Waals surface area contributed by atoms with E-state index < -0.39 is 0 Å². The molecule has 14 heavy (non-hydrogen) atoms. The maximum absolute atomic E-state index is 5.84. The van der Waals surface area contributed by atoms with Gasteiger partial charge in [-0.05, 0) is 13.0 Å². The molecule has 1 heterocycles. The summed E-state index contributed by atoms with van der Waals surface area (Å²) in [6.45, 7) is 3.23. The van der Waals surface area contributed by atoms with Crippen LogP contribution in [0.4, 0.5) is 0 Å². The standard InChI is InChI=1S/C10H14ClNO2/c1-8-9(4-5-12-10(8)11)14-7-3-6-13-2/h4-5H,3,6-7H2,1-2H3. The number of hydrogen-bond donors (Lipinski definition) is 0. The van der Waals surface area contributed by atoms with Crippen LogP contribution in [0, 0.1) is 6.92 Å².